The summed E-state index contributed by atoms with van der Waals surface area (Å²) >= 11 is 5.87. The van der Waals surface area contributed by atoms with Gasteiger partial charge in [-0.25, -0.2) is 4.79 Å². The molecule has 3 N–H and O–H groups in total. The average molecular weight is 288 g/mol. The number of amides is 1. The molecule has 1 aromatic carbocycles. The van der Waals surface area contributed by atoms with Crippen LogP contribution >= 0.6 is 11.6 Å². The number of carbonyl (C=O) groups is 2. The summed E-state index contributed by atoms with van der Waals surface area (Å²) in [6.45, 7) is 0.773. The Kier molecular flexibility index (Phi) is 5.59. The molecular formula is C12H14ClNO5. The molecule has 0 aliphatic heterocycles. The zero-order valence-electron chi connectivity index (χ0n) is 10.2. The van der Waals surface area contributed by atoms with Crippen LogP contribution in [0.2, 0.25) is 5.02 Å². The van der Waals surface area contributed by atoms with Crippen molar-refractivity contribution in [3.05, 3.63) is 28.8 Å². The van der Waals surface area contributed by atoms with Gasteiger partial charge in [-0.3, -0.25) is 4.79 Å². The average Bonchev–Trinajstić information content (AvgIpc) is 2.36. The summed E-state index contributed by atoms with van der Waals surface area (Å²) in [5.41, 5.74) is 0.915. The van der Waals surface area contributed by atoms with E-state index in [0.29, 0.717) is 10.8 Å². The fourth-order valence-electron chi connectivity index (χ4n) is 1.29. The Bertz CT molecular complexity index is 477. The molecular weight excluding hydrogens is 274 g/mol. The van der Waals surface area contributed by atoms with E-state index in [0.717, 1.165) is 5.56 Å². The lowest BCUT2D eigenvalue weighted by molar-refractivity contribution is -0.143. The molecule has 0 saturated heterocycles. The number of benzene rings is 1. The van der Waals surface area contributed by atoms with Gasteiger partial charge in [0.05, 0.1) is 11.6 Å². The number of aliphatic hydroxyl groups is 1. The minimum absolute atomic E-state index is 0.340. The van der Waals surface area contributed by atoms with Crippen molar-refractivity contribution < 1.29 is 24.5 Å². The number of carboxylic acid groups (broad SMARTS) is 1. The van der Waals surface area contributed by atoms with Gasteiger partial charge in [-0.2, -0.15) is 0 Å². The Morgan fingerprint density at radius 2 is 2.16 bits per heavy atom. The molecule has 19 heavy (non-hydrogen) atoms. The van der Waals surface area contributed by atoms with Gasteiger partial charge in [0.25, 0.3) is 5.91 Å². The highest BCUT2D eigenvalue weighted by Gasteiger charge is 2.18. The molecule has 0 aromatic heterocycles. The van der Waals surface area contributed by atoms with Crippen LogP contribution in [0.5, 0.6) is 5.75 Å². The second kappa shape index (κ2) is 6.96. The maximum atomic E-state index is 11.4. The largest absolute Gasteiger partial charge is 0.482 e. The Balaban J connectivity index is 2.54. The Hall–Kier alpha value is -1.79. The molecule has 0 unspecified atom stereocenters. The third-order valence-electron chi connectivity index (χ3n) is 2.26. The van der Waals surface area contributed by atoms with Crippen LogP contribution in [0.25, 0.3) is 0 Å². The van der Waals surface area contributed by atoms with E-state index in [1.165, 1.54) is 0 Å². The summed E-state index contributed by atoms with van der Waals surface area (Å²) < 4.78 is 5.19. The van der Waals surface area contributed by atoms with E-state index in [9.17, 15) is 9.59 Å². The van der Waals surface area contributed by atoms with Crippen LogP contribution in [-0.2, 0) is 9.59 Å². The number of carboxylic acids is 1. The summed E-state index contributed by atoms with van der Waals surface area (Å²) in [5, 5.41) is 19.9. The van der Waals surface area contributed by atoms with Crippen molar-refractivity contribution in [1.82, 2.24) is 5.32 Å². The van der Waals surface area contributed by atoms with Gasteiger partial charge in [-0.1, -0.05) is 17.7 Å². The summed E-state index contributed by atoms with van der Waals surface area (Å²) in [7, 11) is 0. The highest BCUT2D eigenvalue weighted by Crippen LogP contribution is 2.24. The molecule has 0 spiro atoms. The van der Waals surface area contributed by atoms with Gasteiger partial charge in [0.2, 0.25) is 0 Å². The molecule has 0 radical (unpaired) electrons. The van der Waals surface area contributed by atoms with Gasteiger partial charge in [0.15, 0.2) is 6.61 Å². The quantitative estimate of drug-likeness (QED) is 0.712. The van der Waals surface area contributed by atoms with Crippen LogP contribution in [0.15, 0.2) is 18.2 Å². The standard InChI is InChI=1S/C12H14ClNO5/c1-7-2-3-8(13)10(4-7)19-6-11(16)14-9(5-15)12(17)18/h2-4,9,15H,5-6H2,1H3,(H,14,16)(H,17,18)/t9-/m1/s1. The molecule has 0 aliphatic rings. The highest BCUT2D eigenvalue weighted by molar-refractivity contribution is 6.32. The smallest absolute Gasteiger partial charge is 0.328 e. The molecule has 0 heterocycles. The first-order chi connectivity index (χ1) is 8.93. The lowest BCUT2D eigenvalue weighted by atomic mass is 10.2. The number of carbonyl (C=O) groups excluding carboxylic acids is 1. The van der Waals surface area contributed by atoms with Crippen LogP contribution < -0.4 is 10.1 Å². The molecule has 0 saturated carbocycles. The molecule has 7 heteroatoms. The van der Waals surface area contributed by atoms with Crippen molar-refractivity contribution in [3.63, 3.8) is 0 Å². The van der Waals surface area contributed by atoms with Crippen molar-refractivity contribution in [2.45, 2.75) is 13.0 Å². The summed E-state index contributed by atoms with van der Waals surface area (Å²) in [4.78, 5) is 22.0. The third kappa shape index (κ3) is 4.76. The lowest BCUT2D eigenvalue weighted by Crippen LogP contribution is -2.45. The first-order valence-corrected chi connectivity index (χ1v) is 5.84. The van der Waals surface area contributed by atoms with Crippen molar-refractivity contribution in [2.24, 2.45) is 0 Å². The first-order valence-electron chi connectivity index (χ1n) is 5.46. The molecule has 0 aliphatic carbocycles. The van der Waals surface area contributed by atoms with Gasteiger partial charge >= 0.3 is 5.97 Å². The van der Waals surface area contributed by atoms with E-state index in [-0.39, 0.29) is 6.61 Å². The van der Waals surface area contributed by atoms with Gasteiger partial charge in [-0.05, 0) is 24.6 Å². The molecule has 1 amide bonds. The monoisotopic (exact) mass is 287 g/mol. The zero-order chi connectivity index (χ0) is 14.4. The van der Waals surface area contributed by atoms with Crippen molar-refractivity contribution in [1.29, 1.82) is 0 Å². The minimum Gasteiger partial charge on any atom is -0.482 e. The molecule has 1 rings (SSSR count). The number of hydrogen-bond donors (Lipinski definition) is 3. The fraction of sp³-hybridized carbons (Fsp3) is 0.333. The number of nitrogens with one attached hydrogen (secondary N) is 1. The Labute approximate surface area is 114 Å². The minimum atomic E-state index is -1.34. The Morgan fingerprint density at radius 1 is 1.47 bits per heavy atom. The van der Waals surface area contributed by atoms with Crippen LogP contribution in [0.1, 0.15) is 5.56 Å². The van der Waals surface area contributed by atoms with E-state index >= 15 is 0 Å². The first kappa shape index (κ1) is 15.3. The summed E-state index contributed by atoms with van der Waals surface area (Å²) in [5.74, 6) is -1.63. The number of hydrogen-bond acceptors (Lipinski definition) is 4. The van der Waals surface area contributed by atoms with Crippen LogP contribution in [-0.4, -0.2) is 41.3 Å². The van der Waals surface area contributed by atoms with Crippen molar-refractivity contribution in [3.8, 4) is 5.75 Å². The van der Waals surface area contributed by atoms with Gasteiger partial charge < -0.3 is 20.3 Å². The zero-order valence-corrected chi connectivity index (χ0v) is 11.0. The van der Waals surface area contributed by atoms with Crippen LogP contribution in [0, 0.1) is 6.92 Å². The highest BCUT2D eigenvalue weighted by atomic mass is 35.5. The number of aliphatic carboxylic acids is 1. The second-order valence-corrected chi connectivity index (χ2v) is 4.27. The molecule has 104 valence electrons. The Morgan fingerprint density at radius 3 is 2.74 bits per heavy atom. The van der Waals surface area contributed by atoms with E-state index in [1.807, 2.05) is 6.92 Å². The molecule has 1 atom stereocenters. The maximum absolute atomic E-state index is 11.4. The summed E-state index contributed by atoms with van der Waals surface area (Å²) in [6.07, 6.45) is 0. The number of aryl methyl sites for hydroxylation is 1. The van der Waals surface area contributed by atoms with Crippen LogP contribution in [0.4, 0.5) is 0 Å². The number of halogens is 1. The number of aliphatic hydroxyl groups excluding tert-OH is 1. The third-order valence-corrected chi connectivity index (χ3v) is 2.57. The predicted octanol–water partition coefficient (Wildman–Crippen LogP) is 0.589. The normalized spacial score (nSPS) is 11.7. The van der Waals surface area contributed by atoms with E-state index in [4.69, 9.17) is 26.6 Å². The summed E-state index contributed by atoms with van der Waals surface area (Å²) in [6, 6.07) is 3.75. The SMILES string of the molecule is Cc1ccc(Cl)c(OCC(=O)N[C@H](CO)C(=O)O)c1. The number of ether oxygens (including phenoxy) is 1. The van der Waals surface area contributed by atoms with Gasteiger partial charge in [-0.15, -0.1) is 0 Å². The van der Waals surface area contributed by atoms with Gasteiger partial charge in [0, 0.05) is 0 Å². The topological polar surface area (TPSA) is 95.9 Å². The van der Waals surface area contributed by atoms with Crippen LogP contribution in [0.3, 0.4) is 0 Å². The molecule has 0 bridgehead atoms. The fourth-order valence-corrected chi connectivity index (χ4v) is 1.46. The lowest BCUT2D eigenvalue weighted by Gasteiger charge is -2.13. The maximum Gasteiger partial charge on any atom is 0.328 e. The van der Waals surface area contributed by atoms with Gasteiger partial charge in [0.1, 0.15) is 11.8 Å². The van der Waals surface area contributed by atoms with E-state index < -0.39 is 24.5 Å². The van der Waals surface area contributed by atoms with E-state index in [1.54, 1.807) is 18.2 Å². The second-order valence-electron chi connectivity index (χ2n) is 3.86. The number of rotatable bonds is 6. The van der Waals surface area contributed by atoms with E-state index in [2.05, 4.69) is 5.32 Å². The molecule has 1 aromatic rings. The molecule has 6 nitrogen and oxygen atoms in total. The van der Waals surface area contributed by atoms with Crippen molar-refractivity contribution >= 4 is 23.5 Å². The van der Waals surface area contributed by atoms with Crippen molar-refractivity contribution in [2.75, 3.05) is 13.2 Å². The molecule has 0 fully saturated rings. The predicted molar refractivity (Wildman–Crippen MR) is 68.3 cm³/mol.